The van der Waals surface area contributed by atoms with Crippen LogP contribution in [0.2, 0.25) is 0 Å². The van der Waals surface area contributed by atoms with Crippen LogP contribution in [0.15, 0.2) is 36.4 Å². The Balaban J connectivity index is 2.59. The predicted molar refractivity (Wildman–Crippen MR) is 66.4 cm³/mol. The Morgan fingerprint density at radius 3 is 2.75 bits per heavy atom. The number of benzene rings is 2. The highest BCUT2D eigenvalue weighted by molar-refractivity contribution is 7.21. The number of carbonyl (C=O) groups is 1. The number of carbonyl (C=O) groups excluding carboxylic acids is 1. The molecule has 0 aliphatic heterocycles. The predicted octanol–water partition coefficient (Wildman–Crippen LogP) is 3.57. The summed E-state index contributed by atoms with van der Waals surface area (Å²) in [5.74, 6) is 0.104. The largest absolute Gasteiger partial charge is 0.506 e. The first kappa shape index (κ1) is 9.36. The molecule has 0 bridgehead atoms. The molecule has 0 radical (unpaired) electrons. The second-order valence-corrected chi connectivity index (χ2v) is 4.68. The van der Waals surface area contributed by atoms with Gasteiger partial charge < -0.3 is 5.11 Å². The van der Waals surface area contributed by atoms with Gasteiger partial charge in [0.15, 0.2) is 6.29 Å². The van der Waals surface area contributed by atoms with Crippen molar-refractivity contribution in [2.75, 3.05) is 0 Å². The van der Waals surface area contributed by atoms with E-state index in [1.165, 1.54) is 11.3 Å². The summed E-state index contributed by atoms with van der Waals surface area (Å²) in [7, 11) is 0. The zero-order valence-corrected chi connectivity index (χ0v) is 9.12. The second-order valence-electron chi connectivity index (χ2n) is 3.59. The van der Waals surface area contributed by atoms with Crippen molar-refractivity contribution in [2.45, 2.75) is 0 Å². The van der Waals surface area contributed by atoms with Crippen LogP contribution in [-0.2, 0) is 0 Å². The fraction of sp³-hybridized carbons (Fsp3) is 0. The molecule has 1 aromatic heterocycles. The van der Waals surface area contributed by atoms with Gasteiger partial charge in [0.05, 0.1) is 0 Å². The first-order valence-corrected chi connectivity index (χ1v) is 5.71. The van der Waals surface area contributed by atoms with Crippen molar-refractivity contribution in [3.05, 3.63) is 41.3 Å². The van der Waals surface area contributed by atoms with Gasteiger partial charge in [0.1, 0.15) is 10.6 Å². The van der Waals surface area contributed by atoms with Gasteiger partial charge in [-0.1, -0.05) is 30.3 Å². The number of rotatable bonds is 1. The van der Waals surface area contributed by atoms with Gasteiger partial charge in [-0.3, -0.25) is 4.79 Å². The molecular weight excluding hydrogens is 220 g/mol. The number of hydrogen-bond acceptors (Lipinski definition) is 3. The maximum Gasteiger partial charge on any atom is 0.163 e. The highest BCUT2D eigenvalue weighted by atomic mass is 32.1. The van der Waals surface area contributed by atoms with Crippen molar-refractivity contribution in [2.24, 2.45) is 0 Å². The first-order valence-electron chi connectivity index (χ1n) is 4.89. The van der Waals surface area contributed by atoms with E-state index in [0.29, 0.717) is 11.2 Å². The van der Waals surface area contributed by atoms with Gasteiger partial charge in [-0.15, -0.1) is 11.3 Å². The van der Waals surface area contributed by atoms with Gasteiger partial charge >= 0.3 is 0 Å². The van der Waals surface area contributed by atoms with Gasteiger partial charge in [-0.25, -0.2) is 0 Å². The maximum atomic E-state index is 10.8. The summed E-state index contributed by atoms with van der Waals surface area (Å²) in [4.78, 5) is 11.2. The van der Waals surface area contributed by atoms with Crippen molar-refractivity contribution in [3.8, 4) is 5.75 Å². The van der Waals surface area contributed by atoms with Crippen LogP contribution in [0.4, 0.5) is 0 Å². The molecule has 0 aliphatic carbocycles. The lowest BCUT2D eigenvalue weighted by Gasteiger charge is -1.99. The molecule has 0 amide bonds. The Morgan fingerprint density at radius 2 is 1.94 bits per heavy atom. The van der Waals surface area contributed by atoms with Crippen LogP contribution in [-0.4, -0.2) is 11.4 Å². The number of aldehydes is 1. The monoisotopic (exact) mass is 228 g/mol. The molecule has 0 atom stereocenters. The van der Waals surface area contributed by atoms with Gasteiger partial charge in [0.2, 0.25) is 0 Å². The molecule has 1 N–H and O–H groups in total. The molecule has 0 aliphatic rings. The minimum absolute atomic E-state index is 0.104. The summed E-state index contributed by atoms with van der Waals surface area (Å²) in [6, 6.07) is 11.8. The molecular formula is C13H8O2S. The Hall–Kier alpha value is -1.87. The van der Waals surface area contributed by atoms with Crippen LogP contribution < -0.4 is 0 Å². The molecule has 16 heavy (non-hydrogen) atoms. The van der Waals surface area contributed by atoms with Crippen molar-refractivity contribution in [3.63, 3.8) is 0 Å². The number of thiophene rings is 1. The van der Waals surface area contributed by atoms with E-state index in [0.717, 1.165) is 20.9 Å². The fourth-order valence-electron chi connectivity index (χ4n) is 1.95. The van der Waals surface area contributed by atoms with Crippen LogP contribution in [0.25, 0.3) is 20.9 Å². The maximum absolute atomic E-state index is 10.8. The third-order valence-electron chi connectivity index (χ3n) is 2.69. The molecule has 0 spiro atoms. The summed E-state index contributed by atoms with van der Waals surface area (Å²) in [5, 5.41) is 12.8. The standard InChI is InChI=1S/C13H8O2S/c14-7-11-13(15)12-9-4-2-1-3-8(9)5-6-10(12)16-11/h1-7,15H. The molecule has 78 valence electrons. The second kappa shape index (κ2) is 3.32. The molecule has 0 saturated carbocycles. The zero-order valence-electron chi connectivity index (χ0n) is 8.31. The Morgan fingerprint density at radius 1 is 1.12 bits per heavy atom. The van der Waals surface area contributed by atoms with Crippen molar-refractivity contribution in [1.82, 2.24) is 0 Å². The molecule has 3 heteroatoms. The van der Waals surface area contributed by atoms with E-state index in [1.54, 1.807) is 0 Å². The minimum atomic E-state index is 0.104. The third-order valence-corrected chi connectivity index (χ3v) is 3.76. The van der Waals surface area contributed by atoms with Gasteiger partial charge in [0, 0.05) is 10.1 Å². The zero-order chi connectivity index (χ0) is 11.1. The summed E-state index contributed by atoms with van der Waals surface area (Å²) in [6.45, 7) is 0. The van der Waals surface area contributed by atoms with E-state index in [-0.39, 0.29) is 5.75 Å². The van der Waals surface area contributed by atoms with E-state index >= 15 is 0 Å². The fourth-order valence-corrected chi connectivity index (χ4v) is 2.88. The quantitative estimate of drug-likeness (QED) is 0.646. The lowest BCUT2D eigenvalue weighted by Crippen LogP contribution is -1.74. The smallest absolute Gasteiger partial charge is 0.163 e. The van der Waals surface area contributed by atoms with Crippen LogP contribution >= 0.6 is 11.3 Å². The van der Waals surface area contributed by atoms with Crippen molar-refractivity contribution < 1.29 is 9.90 Å². The minimum Gasteiger partial charge on any atom is -0.506 e. The average Bonchev–Trinajstić information content (AvgIpc) is 2.66. The van der Waals surface area contributed by atoms with Crippen molar-refractivity contribution >= 4 is 38.5 Å². The van der Waals surface area contributed by atoms with Crippen molar-refractivity contribution in [1.29, 1.82) is 0 Å². The van der Waals surface area contributed by atoms with E-state index in [4.69, 9.17) is 0 Å². The highest BCUT2D eigenvalue weighted by Crippen LogP contribution is 2.40. The van der Waals surface area contributed by atoms with Gasteiger partial charge in [-0.2, -0.15) is 0 Å². The first-order chi connectivity index (χ1) is 7.81. The normalized spacial score (nSPS) is 11.0. The SMILES string of the molecule is O=Cc1sc2ccc3ccccc3c2c1O. The highest BCUT2D eigenvalue weighted by Gasteiger charge is 2.12. The van der Waals surface area contributed by atoms with Gasteiger partial charge in [0.25, 0.3) is 0 Å². The van der Waals surface area contributed by atoms with Crippen LogP contribution in [0.5, 0.6) is 5.75 Å². The molecule has 1 heterocycles. The lowest BCUT2D eigenvalue weighted by atomic mass is 10.1. The topological polar surface area (TPSA) is 37.3 Å². The number of hydrogen-bond donors (Lipinski definition) is 1. The Bertz CT molecular complexity index is 698. The summed E-state index contributed by atoms with van der Waals surface area (Å²) in [5.41, 5.74) is 0. The Labute approximate surface area is 95.8 Å². The summed E-state index contributed by atoms with van der Waals surface area (Å²) < 4.78 is 0.943. The summed E-state index contributed by atoms with van der Waals surface area (Å²) in [6.07, 6.45) is 0.703. The number of aromatic hydroxyl groups is 1. The molecule has 3 aromatic rings. The summed E-state index contributed by atoms with van der Waals surface area (Å²) >= 11 is 1.32. The van der Waals surface area contributed by atoms with Gasteiger partial charge in [-0.05, 0) is 16.8 Å². The van der Waals surface area contributed by atoms with Crippen LogP contribution in [0, 0.1) is 0 Å². The molecule has 0 saturated heterocycles. The molecule has 2 nitrogen and oxygen atoms in total. The molecule has 3 rings (SSSR count). The van der Waals surface area contributed by atoms with E-state index < -0.39 is 0 Å². The third kappa shape index (κ3) is 1.15. The lowest BCUT2D eigenvalue weighted by molar-refractivity contribution is 0.112. The van der Waals surface area contributed by atoms with E-state index in [2.05, 4.69) is 0 Å². The molecule has 2 aromatic carbocycles. The molecule has 0 fully saturated rings. The number of fused-ring (bicyclic) bond motifs is 3. The Kier molecular flexibility index (Phi) is 1.94. The van der Waals surface area contributed by atoms with Crippen LogP contribution in [0.1, 0.15) is 9.67 Å². The van der Waals surface area contributed by atoms with E-state index in [9.17, 15) is 9.90 Å². The van der Waals surface area contributed by atoms with Crippen LogP contribution in [0.3, 0.4) is 0 Å². The molecule has 0 unspecified atom stereocenters. The van der Waals surface area contributed by atoms with E-state index in [1.807, 2.05) is 36.4 Å². The average molecular weight is 228 g/mol.